The summed E-state index contributed by atoms with van der Waals surface area (Å²) in [4.78, 5) is 22.5. The lowest BCUT2D eigenvalue weighted by Crippen LogP contribution is -2.15. The van der Waals surface area contributed by atoms with Crippen LogP contribution in [-0.2, 0) is 4.79 Å². The minimum absolute atomic E-state index is 0.148. The van der Waals surface area contributed by atoms with E-state index in [1.54, 1.807) is 0 Å². The van der Waals surface area contributed by atoms with Crippen molar-refractivity contribution < 1.29 is 14.0 Å². The second-order valence-corrected chi connectivity index (χ2v) is 4.06. The van der Waals surface area contributed by atoms with Gasteiger partial charge in [0.1, 0.15) is 5.82 Å². The molecule has 0 aromatic heterocycles. The normalized spacial score (nSPS) is 10.1. The van der Waals surface area contributed by atoms with Gasteiger partial charge in [-0.2, -0.15) is 0 Å². The van der Waals surface area contributed by atoms with E-state index < -0.39 is 11.7 Å². The number of unbranched alkanes of at least 4 members (excludes halogenated alkanes) is 2. The number of carbonyl (C=O) groups is 2. The van der Waals surface area contributed by atoms with Crippen molar-refractivity contribution in [2.75, 3.05) is 5.32 Å². The molecule has 18 heavy (non-hydrogen) atoms. The van der Waals surface area contributed by atoms with E-state index in [-0.39, 0.29) is 11.5 Å². The lowest BCUT2D eigenvalue weighted by atomic mass is 10.1. The molecule has 0 aliphatic carbocycles. The van der Waals surface area contributed by atoms with Crippen molar-refractivity contribution in [3.05, 3.63) is 29.6 Å². The molecule has 1 rings (SSSR count). The number of carbonyl (C=O) groups excluding carboxylic acids is 2. The number of primary amides is 1. The molecule has 3 N–H and O–H groups in total. The average Bonchev–Trinajstić information content (AvgIpc) is 2.31. The number of halogens is 1. The second-order valence-electron chi connectivity index (χ2n) is 4.06. The molecule has 0 heterocycles. The molecule has 98 valence electrons. The fourth-order valence-corrected chi connectivity index (χ4v) is 1.55. The summed E-state index contributed by atoms with van der Waals surface area (Å²) in [5, 5.41) is 2.61. The van der Waals surface area contributed by atoms with Crippen LogP contribution in [0.1, 0.15) is 43.0 Å². The van der Waals surface area contributed by atoms with E-state index in [0.717, 1.165) is 25.3 Å². The van der Waals surface area contributed by atoms with Crippen LogP contribution in [0.25, 0.3) is 0 Å². The van der Waals surface area contributed by atoms with Gasteiger partial charge in [0.2, 0.25) is 5.91 Å². The van der Waals surface area contributed by atoms with E-state index in [0.29, 0.717) is 12.1 Å². The van der Waals surface area contributed by atoms with Crippen molar-refractivity contribution in [2.24, 2.45) is 5.73 Å². The van der Waals surface area contributed by atoms with Crippen LogP contribution in [0.4, 0.5) is 10.1 Å². The Bertz CT molecular complexity index is 447. The van der Waals surface area contributed by atoms with Crippen molar-refractivity contribution in [3.8, 4) is 0 Å². The third-order valence-electron chi connectivity index (χ3n) is 2.52. The SMILES string of the molecule is CCCCCC(=O)Nc1ccc(F)c(C(N)=O)c1. The van der Waals surface area contributed by atoms with Gasteiger partial charge in [-0.25, -0.2) is 4.39 Å². The maximum Gasteiger partial charge on any atom is 0.251 e. The van der Waals surface area contributed by atoms with E-state index in [1.807, 2.05) is 0 Å². The van der Waals surface area contributed by atoms with Gasteiger partial charge in [-0.15, -0.1) is 0 Å². The van der Waals surface area contributed by atoms with Gasteiger partial charge in [-0.1, -0.05) is 19.8 Å². The number of hydrogen-bond donors (Lipinski definition) is 2. The quantitative estimate of drug-likeness (QED) is 0.763. The predicted octanol–water partition coefficient (Wildman–Crippen LogP) is 2.44. The number of anilines is 1. The minimum atomic E-state index is -0.852. The molecule has 0 atom stereocenters. The number of rotatable bonds is 6. The van der Waals surface area contributed by atoms with Crippen molar-refractivity contribution in [1.29, 1.82) is 0 Å². The number of hydrogen-bond acceptors (Lipinski definition) is 2. The molecule has 0 radical (unpaired) electrons. The monoisotopic (exact) mass is 252 g/mol. The molecular formula is C13H17FN2O2. The van der Waals surface area contributed by atoms with Crippen LogP contribution in [-0.4, -0.2) is 11.8 Å². The maximum atomic E-state index is 13.2. The first-order valence-corrected chi connectivity index (χ1v) is 5.93. The molecule has 0 saturated carbocycles. The molecule has 0 unspecified atom stereocenters. The maximum absolute atomic E-state index is 13.2. The summed E-state index contributed by atoms with van der Waals surface area (Å²) < 4.78 is 13.2. The summed E-state index contributed by atoms with van der Waals surface area (Å²) in [6.07, 6.45) is 3.25. The van der Waals surface area contributed by atoms with Crippen molar-refractivity contribution >= 4 is 17.5 Å². The topological polar surface area (TPSA) is 72.2 Å². The first-order chi connectivity index (χ1) is 8.54. The van der Waals surface area contributed by atoms with Crippen LogP contribution in [0, 0.1) is 5.82 Å². The highest BCUT2D eigenvalue weighted by Gasteiger charge is 2.10. The van der Waals surface area contributed by atoms with Crippen molar-refractivity contribution in [3.63, 3.8) is 0 Å². The fourth-order valence-electron chi connectivity index (χ4n) is 1.55. The molecule has 0 aliphatic heterocycles. The van der Waals surface area contributed by atoms with Gasteiger partial charge >= 0.3 is 0 Å². The van der Waals surface area contributed by atoms with E-state index in [9.17, 15) is 14.0 Å². The van der Waals surface area contributed by atoms with Crippen LogP contribution in [0.5, 0.6) is 0 Å². The number of nitrogens with two attached hydrogens (primary N) is 1. The van der Waals surface area contributed by atoms with E-state index >= 15 is 0 Å². The van der Waals surface area contributed by atoms with Gasteiger partial charge in [-0.05, 0) is 24.6 Å². The summed E-state index contributed by atoms with van der Waals surface area (Å²) in [5.74, 6) is -1.69. The first-order valence-electron chi connectivity index (χ1n) is 5.93. The Morgan fingerprint density at radius 2 is 2.06 bits per heavy atom. The number of nitrogens with one attached hydrogen (secondary N) is 1. The average molecular weight is 252 g/mol. The van der Waals surface area contributed by atoms with Gasteiger partial charge < -0.3 is 11.1 Å². The standard InChI is InChI=1S/C13H17FN2O2/c1-2-3-4-5-12(17)16-9-6-7-11(14)10(8-9)13(15)18/h6-8H,2-5H2,1H3,(H2,15,18)(H,16,17). The highest BCUT2D eigenvalue weighted by molar-refractivity contribution is 5.96. The van der Waals surface area contributed by atoms with Gasteiger partial charge in [0.15, 0.2) is 0 Å². The third kappa shape index (κ3) is 4.16. The first kappa shape index (κ1) is 14.2. The van der Waals surface area contributed by atoms with Crippen LogP contribution in [0.3, 0.4) is 0 Å². The zero-order chi connectivity index (χ0) is 13.5. The Hall–Kier alpha value is -1.91. The molecule has 0 bridgehead atoms. The molecule has 0 saturated heterocycles. The Morgan fingerprint density at radius 1 is 1.33 bits per heavy atom. The Morgan fingerprint density at radius 3 is 2.67 bits per heavy atom. The van der Waals surface area contributed by atoms with Crippen LogP contribution in [0.2, 0.25) is 0 Å². The smallest absolute Gasteiger partial charge is 0.251 e. The molecule has 5 heteroatoms. The van der Waals surface area contributed by atoms with Crippen LogP contribution >= 0.6 is 0 Å². The highest BCUT2D eigenvalue weighted by atomic mass is 19.1. The molecule has 2 amide bonds. The summed E-state index contributed by atoms with van der Waals surface area (Å²) in [5.41, 5.74) is 5.18. The molecule has 1 aromatic carbocycles. The number of amides is 2. The van der Waals surface area contributed by atoms with E-state index in [2.05, 4.69) is 12.2 Å². The lowest BCUT2D eigenvalue weighted by Gasteiger charge is -2.06. The molecular weight excluding hydrogens is 235 g/mol. The van der Waals surface area contributed by atoms with Crippen LogP contribution in [0.15, 0.2) is 18.2 Å². The summed E-state index contributed by atoms with van der Waals surface area (Å²) >= 11 is 0. The lowest BCUT2D eigenvalue weighted by molar-refractivity contribution is -0.116. The highest BCUT2D eigenvalue weighted by Crippen LogP contribution is 2.15. The number of benzene rings is 1. The zero-order valence-corrected chi connectivity index (χ0v) is 10.3. The predicted molar refractivity (Wildman–Crippen MR) is 67.7 cm³/mol. The summed E-state index contributed by atoms with van der Waals surface area (Å²) in [6, 6.07) is 3.76. The summed E-state index contributed by atoms with van der Waals surface area (Å²) in [7, 11) is 0. The fraction of sp³-hybridized carbons (Fsp3) is 0.385. The Kier molecular flexibility index (Phi) is 5.30. The van der Waals surface area contributed by atoms with E-state index in [1.165, 1.54) is 12.1 Å². The zero-order valence-electron chi connectivity index (χ0n) is 10.3. The molecule has 1 aromatic rings. The van der Waals surface area contributed by atoms with Crippen molar-refractivity contribution in [1.82, 2.24) is 0 Å². The van der Waals surface area contributed by atoms with Gasteiger partial charge in [0.25, 0.3) is 5.91 Å². The Labute approximate surface area is 105 Å². The van der Waals surface area contributed by atoms with E-state index in [4.69, 9.17) is 5.73 Å². The molecule has 0 fully saturated rings. The largest absolute Gasteiger partial charge is 0.366 e. The third-order valence-corrected chi connectivity index (χ3v) is 2.52. The van der Waals surface area contributed by atoms with Crippen molar-refractivity contribution in [2.45, 2.75) is 32.6 Å². The van der Waals surface area contributed by atoms with Crippen LogP contribution < -0.4 is 11.1 Å². The molecule has 4 nitrogen and oxygen atoms in total. The second kappa shape index (κ2) is 6.74. The van der Waals surface area contributed by atoms with Gasteiger partial charge in [0, 0.05) is 12.1 Å². The Balaban J connectivity index is 2.65. The van der Waals surface area contributed by atoms with Gasteiger partial charge in [-0.3, -0.25) is 9.59 Å². The van der Waals surface area contributed by atoms with Gasteiger partial charge in [0.05, 0.1) is 5.56 Å². The summed E-state index contributed by atoms with van der Waals surface area (Å²) in [6.45, 7) is 2.05. The molecule has 0 aliphatic rings. The minimum Gasteiger partial charge on any atom is -0.366 e. The molecule has 0 spiro atoms.